The normalized spacial score (nSPS) is 12.1. The molecule has 0 saturated heterocycles. The maximum atomic E-state index is 12.5. The lowest BCUT2D eigenvalue weighted by Crippen LogP contribution is -2.26. The molecule has 2 aromatic heterocycles. The summed E-state index contributed by atoms with van der Waals surface area (Å²) in [6.45, 7) is 4.29. The third kappa shape index (κ3) is 4.07. The number of fused-ring (bicyclic) bond motifs is 1. The summed E-state index contributed by atoms with van der Waals surface area (Å²) >= 11 is 1.60. The van der Waals surface area contributed by atoms with Gasteiger partial charge in [-0.25, -0.2) is 4.98 Å². The minimum atomic E-state index is -0.233. The number of furan rings is 1. The Bertz CT molecular complexity index is 1070. The number of amides is 1. The van der Waals surface area contributed by atoms with E-state index >= 15 is 0 Å². The number of carbonyl (C=O) groups excluding carboxylic acids is 1. The van der Waals surface area contributed by atoms with Crippen LogP contribution in [0.25, 0.3) is 11.0 Å². The molecular weight excluding hydrogens is 372 g/mol. The zero-order valence-corrected chi connectivity index (χ0v) is 16.5. The molecule has 1 amide bonds. The zero-order valence-electron chi connectivity index (χ0n) is 15.6. The van der Waals surface area contributed by atoms with Crippen molar-refractivity contribution in [2.45, 2.75) is 26.5 Å². The molecule has 1 atom stereocenters. The molecule has 2 heterocycles. The fourth-order valence-electron chi connectivity index (χ4n) is 2.90. The van der Waals surface area contributed by atoms with Crippen LogP contribution in [0.4, 0.5) is 0 Å². The lowest BCUT2D eigenvalue weighted by atomic mass is 10.1. The number of aromatic nitrogens is 1. The lowest BCUT2D eigenvalue weighted by molar-refractivity contribution is 0.0935. The molecule has 5 nitrogen and oxygen atoms in total. The van der Waals surface area contributed by atoms with Gasteiger partial charge in [0.25, 0.3) is 5.91 Å². The molecular formula is C22H20N2O3S. The van der Waals surface area contributed by atoms with Crippen LogP contribution in [0, 0.1) is 6.92 Å². The van der Waals surface area contributed by atoms with E-state index in [9.17, 15) is 4.79 Å². The number of carbonyl (C=O) groups is 1. The molecule has 0 bridgehead atoms. The van der Waals surface area contributed by atoms with Gasteiger partial charge in [0, 0.05) is 16.3 Å². The van der Waals surface area contributed by atoms with Crippen LogP contribution in [-0.4, -0.2) is 10.9 Å². The summed E-state index contributed by atoms with van der Waals surface area (Å²) < 4.78 is 11.5. The second-order valence-electron chi connectivity index (χ2n) is 6.55. The van der Waals surface area contributed by atoms with Crippen molar-refractivity contribution in [3.8, 4) is 5.75 Å². The quantitative estimate of drug-likeness (QED) is 0.486. The van der Waals surface area contributed by atoms with Gasteiger partial charge in [-0.15, -0.1) is 11.3 Å². The van der Waals surface area contributed by atoms with Gasteiger partial charge in [-0.05, 0) is 50.2 Å². The molecule has 0 spiro atoms. The van der Waals surface area contributed by atoms with E-state index in [1.165, 1.54) is 0 Å². The fourth-order valence-corrected chi connectivity index (χ4v) is 3.50. The molecule has 2 aromatic carbocycles. The third-order valence-electron chi connectivity index (χ3n) is 4.39. The topological polar surface area (TPSA) is 64.4 Å². The molecule has 4 rings (SSSR count). The summed E-state index contributed by atoms with van der Waals surface area (Å²) in [6, 6.07) is 16.6. The second-order valence-corrected chi connectivity index (χ2v) is 7.61. The van der Waals surface area contributed by atoms with Crippen LogP contribution in [0.3, 0.4) is 0 Å². The Labute approximate surface area is 167 Å². The molecule has 28 heavy (non-hydrogen) atoms. The van der Waals surface area contributed by atoms with Gasteiger partial charge >= 0.3 is 0 Å². The van der Waals surface area contributed by atoms with E-state index in [0.29, 0.717) is 17.9 Å². The third-order valence-corrected chi connectivity index (χ3v) is 5.21. The van der Waals surface area contributed by atoms with Crippen molar-refractivity contribution in [2.75, 3.05) is 0 Å². The first kappa shape index (κ1) is 18.3. The number of para-hydroxylation sites is 1. The highest BCUT2D eigenvalue weighted by Gasteiger charge is 2.15. The van der Waals surface area contributed by atoms with Crippen LogP contribution in [0.15, 0.2) is 64.4 Å². The van der Waals surface area contributed by atoms with Gasteiger partial charge in [-0.2, -0.15) is 0 Å². The summed E-state index contributed by atoms with van der Waals surface area (Å²) in [5.74, 6) is 1.27. The molecule has 0 aliphatic heterocycles. The Kier molecular flexibility index (Phi) is 5.12. The van der Waals surface area contributed by atoms with E-state index in [1.54, 1.807) is 35.6 Å². The average molecular weight is 392 g/mol. The van der Waals surface area contributed by atoms with E-state index in [2.05, 4.69) is 10.3 Å². The number of thiazole rings is 1. The zero-order chi connectivity index (χ0) is 19.5. The van der Waals surface area contributed by atoms with Crippen LogP contribution < -0.4 is 10.1 Å². The maximum Gasteiger partial charge on any atom is 0.251 e. The van der Waals surface area contributed by atoms with Gasteiger partial charge in [0.1, 0.15) is 23.7 Å². The van der Waals surface area contributed by atoms with Gasteiger partial charge in [-0.3, -0.25) is 4.79 Å². The predicted molar refractivity (Wildman–Crippen MR) is 110 cm³/mol. The second kappa shape index (κ2) is 7.86. The Balaban J connectivity index is 1.37. The monoisotopic (exact) mass is 392 g/mol. The molecule has 1 N–H and O–H groups in total. The highest BCUT2D eigenvalue weighted by Crippen LogP contribution is 2.24. The Morgan fingerprint density at radius 1 is 1.21 bits per heavy atom. The molecule has 0 aliphatic rings. The molecule has 4 aromatic rings. The van der Waals surface area contributed by atoms with E-state index in [-0.39, 0.29) is 11.9 Å². The first-order valence-corrected chi connectivity index (χ1v) is 9.89. The van der Waals surface area contributed by atoms with E-state index in [1.807, 2.05) is 49.6 Å². The number of benzene rings is 2. The number of hydrogen-bond donors (Lipinski definition) is 1. The van der Waals surface area contributed by atoms with Crippen LogP contribution in [0.2, 0.25) is 0 Å². The van der Waals surface area contributed by atoms with Gasteiger partial charge in [0.05, 0.1) is 16.7 Å². The largest absolute Gasteiger partial charge is 0.487 e. The summed E-state index contributed by atoms with van der Waals surface area (Å²) in [4.78, 5) is 16.9. The van der Waals surface area contributed by atoms with Gasteiger partial charge < -0.3 is 14.5 Å². The van der Waals surface area contributed by atoms with Crippen molar-refractivity contribution in [3.63, 3.8) is 0 Å². The standard InChI is InChI=1S/C22H20N2O3S/c1-14(21-11-17-5-3-4-6-20(17)27-21)23-22(25)16-7-9-19(10-8-16)26-12-18-13-28-15(2)24-18/h3-11,13-14H,12H2,1-2H3,(H,23,25)/t14-/m0/s1. The van der Waals surface area contributed by atoms with E-state index in [0.717, 1.165) is 27.4 Å². The molecule has 0 unspecified atom stereocenters. The Hall–Kier alpha value is -3.12. The van der Waals surface area contributed by atoms with Gasteiger partial charge in [0.15, 0.2) is 0 Å². The van der Waals surface area contributed by atoms with Crippen LogP contribution in [-0.2, 0) is 6.61 Å². The van der Waals surface area contributed by atoms with Crippen molar-refractivity contribution < 1.29 is 13.9 Å². The SMILES string of the molecule is Cc1nc(COc2ccc(C(=O)N[C@@H](C)c3cc4ccccc4o3)cc2)cs1. The minimum absolute atomic E-state index is 0.158. The lowest BCUT2D eigenvalue weighted by Gasteiger charge is -2.12. The molecule has 0 fully saturated rings. The number of aryl methyl sites for hydroxylation is 1. The highest BCUT2D eigenvalue weighted by atomic mass is 32.1. The van der Waals surface area contributed by atoms with Crippen molar-refractivity contribution in [1.82, 2.24) is 10.3 Å². The Morgan fingerprint density at radius 3 is 2.71 bits per heavy atom. The summed E-state index contributed by atoms with van der Waals surface area (Å²) in [5, 5.41) is 7.00. The van der Waals surface area contributed by atoms with E-state index in [4.69, 9.17) is 9.15 Å². The molecule has 6 heteroatoms. The van der Waals surface area contributed by atoms with Crippen molar-refractivity contribution in [3.05, 3.63) is 82.0 Å². The summed E-state index contributed by atoms with van der Waals surface area (Å²) in [6.07, 6.45) is 0. The average Bonchev–Trinajstić information content (AvgIpc) is 3.32. The van der Waals surface area contributed by atoms with Crippen molar-refractivity contribution >= 4 is 28.2 Å². The number of nitrogens with zero attached hydrogens (tertiary/aromatic N) is 1. The van der Waals surface area contributed by atoms with E-state index < -0.39 is 0 Å². The molecule has 0 aliphatic carbocycles. The fraction of sp³-hybridized carbons (Fsp3) is 0.182. The number of rotatable bonds is 6. The highest BCUT2D eigenvalue weighted by molar-refractivity contribution is 7.09. The van der Waals surface area contributed by atoms with Crippen LogP contribution in [0.5, 0.6) is 5.75 Å². The smallest absolute Gasteiger partial charge is 0.251 e. The molecule has 0 saturated carbocycles. The number of hydrogen-bond acceptors (Lipinski definition) is 5. The molecule has 0 radical (unpaired) electrons. The number of nitrogens with one attached hydrogen (secondary N) is 1. The summed E-state index contributed by atoms with van der Waals surface area (Å²) in [7, 11) is 0. The number of ether oxygens (including phenoxy) is 1. The first-order valence-electron chi connectivity index (χ1n) is 9.02. The molecule has 142 valence electrons. The maximum absolute atomic E-state index is 12.5. The summed E-state index contributed by atoms with van der Waals surface area (Å²) in [5.41, 5.74) is 2.29. The van der Waals surface area contributed by atoms with Crippen LogP contribution in [0.1, 0.15) is 39.8 Å². The van der Waals surface area contributed by atoms with Crippen LogP contribution >= 0.6 is 11.3 Å². The minimum Gasteiger partial charge on any atom is -0.487 e. The first-order chi connectivity index (χ1) is 13.6. The van der Waals surface area contributed by atoms with Gasteiger partial charge in [-0.1, -0.05) is 18.2 Å². The predicted octanol–water partition coefficient (Wildman–Crippen LogP) is 5.27. The van der Waals surface area contributed by atoms with Gasteiger partial charge in [0.2, 0.25) is 0 Å². The van der Waals surface area contributed by atoms with Crippen molar-refractivity contribution in [2.24, 2.45) is 0 Å². The van der Waals surface area contributed by atoms with Crippen molar-refractivity contribution in [1.29, 1.82) is 0 Å². The Morgan fingerprint density at radius 2 is 2.00 bits per heavy atom.